The molecule has 0 fully saturated rings. The van der Waals surface area contributed by atoms with Crippen molar-refractivity contribution >= 4 is 29.1 Å². The van der Waals surface area contributed by atoms with Gasteiger partial charge in [-0.25, -0.2) is 4.98 Å². The maximum absolute atomic E-state index is 12.9. The highest BCUT2D eigenvalue weighted by Gasteiger charge is 2.30. The maximum atomic E-state index is 12.9. The number of anilines is 3. The Kier molecular flexibility index (Phi) is 6.22. The molecule has 1 aromatic carbocycles. The largest absolute Gasteiger partial charge is 0.416 e. The van der Waals surface area contributed by atoms with E-state index in [0.717, 1.165) is 24.1 Å². The highest BCUT2D eigenvalue weighted by Crippen LogP contribution is 2.35. The number of halogens is 4. The average Bonchev–Trinajstić information content (AvgIpc) is 2.69. The molecule has 3 aromatic rings. The fourth-order valence-corrected chi connectivity index (χ4v) is 2.72. The lowest BCUT2D eigenvalue weighted by Crippen LogP contribution is -2.16. The third-order valence-corrected chi connectivity index (χ3v) is 4.54. The molecule has 9 heteroatoms. The molecular formula is C20H19ClF3N5. The van der Waals surface area contributed by atoms with Crippen LogP contribution in [0.2, 0.25) is 5.02 Å². The number of nitrogens with one attached hydrogen (secondary N) is 2. The summed E-state index contributed by atoms with van der Waals surface area (Å²) in [6.45, 7) is 4.03. The van der Waals surface area contributed by atoms with E-state index >= 15 is 0 Å². The van der Waals surface area contributed by atoms with Gasteiger partial charge in [-0.05, 0) is 43.7 Å². The monoisotopic (exact) mass is 421 g/mol. The second-order valence-electron chi connectivity index (χ2n) is 6.47. The Balaban J connectivity index is 1.97. The second-order valence-corrected chi connectivity index (χ2v) is 6.88. The molecule has 29 heavy (non-hydrogen) atoms. The van der Waals surface area contributed by atoms with Gasteiger partial charge >= 0.3 is 6.18 Å². The van der Waals surface area contributed by atoms with Crippen molar-refractivity contribution < 1.29 is 13.2 Å². The van der Waals surface area contributed by atoms with Crippen LogP contribution in [0.5, 0.6) is 0 Å². The molecule has 0 unspecified atom stereocenters. The molecule has 2 heterocycles. The Morgan fingerprint density at radius 1 is 1.14 bits per heavy atom. The topological polar surface area (TPSA) is 62.7 Å². The van der Waals surface area contributed by atoms with E-state index in [2.05, 4.69) is 25.6 Å². The molecule has 0 saturated heterocycles. The third kappa shape index (κ3) is 5.35. The van der Waals surface area contributed by atoms with Crippen molar-refractivity contribution in [3.8, 4) is 11.3 Å². The summed E-state index contributed by atoms with van der Waals surface area (Å²) in [6.07, 6.45) is -0.264. The molecule has 0 bridgehead atoms. The number of hydrogen-bond acceptors (Lipinski definition) is 5. The highest BCUT2D eigenvalue weighted by atomic mass is 35.5. The van der Waals surface area contributed by atoms with Crippen LogP contribution in [0.4, 0.5) is 30.6 Å². The van der Waals surface area contributed by atoms with Crippen molar-refractivity contribution in [2.75, 3.05) is 10.6 Å². The van der Waals surface area contributed by atoms with Crippen LogP contribution in [0.15, 0.2) is 48.8 Å². The van der Waals surface area contributed by atoms with Gasteiger partial charge in [-0.1, -0.05) is 18.5 Å². The standard InChI is InChI=1S/C20H19ClF3N5/c1-3-12(2)26-19-28-17(13-5-4-8-25-11-13)10-18(29-19)27-16-7-6-14(9-15(16)21)20(22,23)24/h4-12H,3H2,1-2H3,(H2,26,27,28,29)/t12-/m0/s1. The normalized spacial score (nSPS) is 12.5. The summed E-state index contributed by atoms with van der Waals surface area (Å²) in [5, 5.41) is 6.13. The molecule has 0 aliphatic carbocycles. The van der Waals surface area contributed by atoms with Crippen molar-refractivity contribution in [2.45, 2.75) is 32.5 Å². The van der Waals surface area contributed by atoms with Crippen molar-refractivity contribution in [3.05, 3.63) is 59.4 Å². The van der Waals surface area contributed by atoms with Gasteiger partial charge in [-0.3, -0.25) is 4.98 Å². The van der Waals surface area contributed by atoms with Crippen molar-refractivity contribution in [1.29, 1.82) is 0 Å². The second kappa shape index (κ2) is 8.65. The zero-order valence-corrected chi connectivity index (χ0v) is 16.5. The first-order chi connectivity index (χ1) is 13.8. The number of alkyl halides is 3. The lowest BCUT2D eigenvalue weighted by molar-refractivity contribution is -0.137. The predicted octanol–water partition coefficient (Wildman–Crippen LogP) is 6.16. The van der Waals surface area contributed by atoms with Crippen LogP contribution in [0.3, 0.4) is 0 Å². The van der Waals surface area contributed by atoms with Gasteiger partial charge in [0.1, 0.15) is 5.82 Å². The lowest BCUT2D eigenvalue weighted by atomic mass is 10.2. The molecule has 152 valence electrons. The number of benzene rings is 1. The lowest BCUT2D eigenvalue weighted by Gasteiger charge is -2.15. The van der Waals surface area contributed by atoms with Crippen LogP contribution in [-0.4, -0.2) is 21.0 Å². The van der Waals surface area contributed by atoms with Crippen LogP contribution in [0, 0.1) is 0 Å². The summed E-state index contributed by atoms with van der Waals surface area (Å²) in [5.41, 5.74) is 0.893. The van der Waals surface area contributed by atoms with Gasteiger partial charge in [-0.2, -0.15) is 18.2 Å². The van der Waals surface area contributed by atoms with Gasteiger partial charge in [0.05, 0.1) is 22.0 Å². The summed E-state index contributed by atoms with van der Waals surface area (Å²) in [7, 11) is 0. The summed E-state index contributed by atoms with van der Waals surface area (Å²) in [6, 6.07) is 8.60. The Labute approximate surface area is 171 Å². The molecule has 5 nitrogen and oxygen atoms in total. The van der Waals surface area contributed by atoms with E-state index in [9.17, 15) is 13.2 Å². The number of hydrogen-bond donors (Lipinski definition) is 2. The average molecular weight is 422 g/mol. The van der Waals surface area contributed by atoms with Crippen molar-refractivity contribution in [3.63, 3.8) is 0 Å². The van der Waals surface area contributed by atoms with E-state index in [0.29, 0.717) is 23.1 Å². The van der Waals surface area contributed by atoms with E-state index in [4.69, 9.17) is 11.6 Å². The minimum atomic E-state index is -4.46. The van der Waals surface area contributed by atoms with Gasteiger partial charge in [-0.15, -0.1) is 0 Å². The van der Waals surface area contributed by atoms with Crippen LogP contribution >= 0.6 is 11.6 Å². The summed E-state index contributed by atoms with van der Waals surface area (Å²) >= 11 is 6.06. The van der Waals surface area contributed by atoms with Gasteiger partial charge < -0.3 is 10.6 Å². The van der Waals surface area contributed by atoms with Gasteiger partial charge in [0, 0.05) is 30.1 Å². The first kappa shape index (κ1) is 20.9. The maximum Gasteiger partial charge on any atom is 0.416 e. The molecule has 0 aliphatic rings. The fraction of sp³-hybridized carbons (Fsp3) is 0.250. The summed E-state index contributed by atoms with van der Waals surface area (Å²) in [4.78, 5) is 13.0. The number of nitrogens with zero attached hydrogens (tertiary/aromatic N) is 3. The molecule has 1 atom stereocenters. The van der Waals surface area contributed by atoms with Crippen molar-refractivity contribution in [1.82, 2.24) is 15.0 Å². The molecule has 0 aliphatic heterocycles. The first-order valence-corrected chi connectivity index (χ1v) is 9.34. The van der Waals surface area contributed by atoms with Crippen LogP contribution in [0.1, 0.15) is 25.8 Å². The first-order valence-electron chi connectivity index (χ1n) is 8.96. The van der Waals surface area contributed by atoms with E-state index in [1.165, 1.54) is 6.07 Å². The molecule has 2 N–H and O–H groups in total. The zero-order chi connectivity index (χ0) is 21.0. The number of rotatable bonds is 6. The molecule has 0 saturated carbocycles. The molecule has 0 spiro atoms. The zero-order valence-electron chi connectivity index (χ0n) is 15.8. The minimum absolute atomic E-state index is 0.0576. The summed E-state index contributed by atoms with van der Waals surface area (Å²) < 4.78 is 38.6. The molecule has 3 rings (SSSR count). The SMILES string of the molecule is CC[C@H](C)Nc1nc(Nc2ccc(C(F)(F)F)cc2Cl)cc(-c2cccnc2)n1. The predicted molar refractivity (Wildman–Crippen MR) is 108 cm³/mol. The van der Waals surface area contributed by atoms with E-state index in [1.807, 2.05) is 19.9 Å². The van der Waals surface area contributed by atoms with E-state index in [-0.39, 0.29) is 11.1 Å². The van der Waals surface area contributed by atoms with Crippen LogP contribution in [-0.2, 0) is 6.18 Å². The Hall–Kier alpha value is -2.87. The Bertz CT molecular complexity index is 980. The Morgan fingerprint density at radius 3 is 2.55 bits per heavy atom. The van der Waals surface area contributed by atoms with Crippen molar-refractivity contribution in [2.24, 2.45) is 0 Å². The molecule has 2 aromatic heterocycles. The Morgan fingerprint density at radius 2 is 1.93 bits per heavy atom. The van der Waals surface area contributed by atoms with Gasteiger partial charge in [0.2, 0.25) is 5.95 Å². The van der Waals surface area contributed by atoms with Gasteiger partial charge in [0.15, 0.2) is 0 Å². The van der Waals surface area contributed by atoms with Crippen LogP contribution in [0.25, 0.3) is 11.3 Å². The van der Waals surface area contributed by atoms with Gasteiger partial charge in [0.25, 0.3) is 0 Å². The highest BCUT2D eigenvalue weighted by molar-refractivity contribution is 6.33. The van der Waals surface area contributed by atoms with Crippen LogP contribution < -0.4 is 10.6 Å². The molecule has 0 amide bonds. The van der Waals surface area contributed by atoms with E-state index < -0.39 is 11.7 Å². The number of pyridine rings is 1. The summed E-state index contributed by atoms with van der Waals surface area (Å²) in [5.74, 6) is 0.789. The van der Waals surface area contributed by atoms with E-state index in [1.54, 1.807) is 24.5 Å². The molecular weight excluding hydrogens is 403 g/mol. The number of aromatic nitrogens is 3. The fourth-order valence-electron chi connectivity index (χ4n) is 2.49. The minimum Gasteiger partial charge on any atom is -0.352 e. The quantitative estimate of drug-likeness (QED) is 0.498. The smallest absolute Gasteiger partial charge is 0.352 e. The third-order valence-electron chi connectivity index (χ3n) is 4.23. The molecule has 0 radical (unpaired) electrons.